The normalized spacial score (nSPS) is 10.4. The van der Waals surface area contributed by atoms with Gasteiger partial charge in [-0.05, 0) is 36.8 Å². The van der Waals surface area contributed by atoms with Gasteiger partial charge in [0.25, 0.3) is 0 Å². The largest absolute Gasteiger partial charge is 0.380 e. The lowest BCUT2D eigenvalue weighted by Gasteiger charge is -2.10. The Morgan fingerprint density at radius 1 is 1.00 bits per heavy atom. The molecule has 0 saturated carbocycles. The lowest BCUT2D eigenvalue weighted by atomic mass is 10.1. The first kappa shape index (κ1) is 12.5. The van der Waals surface area contributed by atoms with Crippen molar-refractivity contribution < 1.29 is 13.2 Å². The van der Waals surface area contributed by atoms with Gasteiger partial charge in [-0.25, -0.2) is 13.2 Å². The van der Waals surface area contributed by atoms with Gasteiger partial charge in [-0.15, -0.1) is 0 Å². The van der Waals surface area contributed by atoms with Gasteiger partial charge in [0.2, 0.25) is 0 Å². The SMILES string of the molecule is Cc1ccc(F)cc1NCc1c(F)cccc1F. The first-order chi connectivity index (χ1) is 8.58. The third-order valence-corrected chi connectivity index (χ3v) is 2.72. The topological polar surface area (TPSA) is 12.0 Å². The van der Waals surface area contributed by atoms with Crippen molar-refractivity contribution in [3.05, 3.63) is 65.0 Å². The second kappa shape index (κ2) is 5.12. The van der Waals surface area contributed by atoms with E-state index in [0.717, 1.165) is 5.56 Å². The summed E-state index contributed by atoms with van der Waals surface area (Å²) in [5, 5.41) is 2.83. The smallest absolute Gasteiger partial charge is 0.131 e. The highest BCUT2D eigenvalue weighted by Crippen LogP contribution is 2.19. The number of anilines is 1. The van der Waals surface area contributed by atoms with Gasteiger partial charge in [0.05, 0.1) is 0 Å². The maximum Gasteiger partial charge on any atom is 0.131 e. The molecule has 0 spiro atoms. The van der Waals surface area contributed by atoms with Gasteiger partial charge in [-0.1, -0.05) is 12.1 Å². The zero-order valence-corrected chi connectivity index (χ0v) is 9.81. The number of hydrogen-bond acceptors (Lipinski definition) is 1. The highest BCUT2D eigenvalue weighted by Gasteiger charge is 2.08. The fourth-order valence-corrected chi connectivity index (χ4v) is 1.67. The van der Waals surface area contributed by atoms with E-state index in [1.165, 1.54) is 30.3 Å². The van der Waals surface area contributed by atoms with Crippen molar-refractivity contribution in [1.82, 2.24) is 0 Å². The van der Waals surface area contributed by atoms with Crippen LogP contribution in [0.4, 0.5) is 18.9 Å². The molecular weight excluding hydrogens is 239 g/mol. The second-order valence-corrected chi connectivity index (χ2v) is 4.01. The van der Waals surface area contributed by atoms with Crippen LogP contribution in [0.3, 0.4) is 0 Å². The Hall–Kier alpha value is -1.97. The highest BCUT2D eigenvalue weighted by molar-refractivity contribution is 5.51. The maximum atomic E-state index is 13.4. The van der Waals surface area contributed by atoms with Crippen LogP contribution in [0.25, 0.3) is 0 Å². The Morgan fingerprint density at radius 3 is 2.33 bits per heavy atom. The molecule has 2 aromatic rings. The maximum absolute atomic E-state index is 13.4. The van der Waals surface area contributed by atoms with Gasteiger partial charge >= 0.3 is 0 Å². The third-order valence-electron chi connectivity index (χ3n) is 2.72. The van der Waals surface area contributed by atoms with E-state index in [1.54, 1.807) is 13.0 Å². The first-order valence-electron chi connectivity index (χ1n) is 5.51. The number of aryl methyl sites for hydroxylation is 1. The van der Waals surface area contributed by atoms with Crippen LogP contribution in [0.5, 0.6) is 0 Å². The van der Waals surface area contributed by atoms with E-state index in [1.807, 2.05) is 0 Å². The van der Waals surface area contributed by atoms with Crippen molar-refractivity contribution >= 4 is 5.69 Å². The van der Waals surface area contributed by atoms with Gasteiger partial charge in [0.1, 0.15) is 17.5 Å². The number of benzene rings is 2. The van der Waals surface area contributed by atoms with Crippen molar-refractivity contribution in [3.63, 3.8) is 0 Å². The van der Waals surface area contributed by atoms with E-state index in [9.17, 15) is 13.2 Å². The molecule has 0 aliphatic rings. The minimum Gasteiger partial charge on any atom is -0.380 e. The van der Waals surface area contributed by atoms with Crippen molar-refractivity contribution in [2.75, 3.05) is 5.32 Å². The van der Waals surface area contributed by atoms with Crippen LogP contribution >= 0.6 is 0 Å². The Labute approximate surface area is 103 Å². The molecule has 0 heterocycles. The molecule has 0 unspecified atom stereocenters. The van der Waals surface area contributed by atoms with Crippen molar-refractivity contribution in [3.8, 4) is 0 Å². The molecule has 0 bridgehead atoms. The molecule has 0 aromatic heterocycles. The molecule has 0 aliphatic carbocycles. The number of hydrogen-bond donors (Lipinski definition) is 1. The summed E-state index contributed by atoms with van der Waals surface area (Å²) in [6, 6.07) is 7.94. The molecule has 0 saturated heterocycles. The van der Waals surface area contributed by atoms with Crippen LogP contribution in [0.2, 0.25) is 0 Å². The standard InChI is InChI=1S/C14H12F3N/c1-9-5-6-10(15)7-14(9)18-8-11-12(16)3-2-4-13(11)17/h2-7,18H,8H2,1H3. The van der Waals surface area contributed by atoms with E-state index >= 15 is 0 Å². The van der Waals surface area contributed by atoms with Crippen LogP contribution in [0.1, 0.15) is 11.1 Å². The minimum atomic E-state index is -0.614. The van der Waals surface area contributed by atoms with Crippen molar-refractivity contribution in [2.45, 2.75) is 13.5 Å². The number of rotatable bonds is 3. The van der Waals surface area contributed by atoms with Crippen LogP contribution in [-0.4, -0.2) is 0 Å². The summed E-state index contributed by atoms with van der Waals surface area (Å²) < 4.78 is 39.8. The van der Waals surface area contributed by atoms with Gasteiger partial charge in [0, 0.05) is 17.8 Å². The lowest BCUT2D eigenvalue weighted by molar-refractivity contribution is 0.560. The molecule has 18 heavy (non-hydrogen) atoms. The predicted molar refractivity (Wildman–Crippen MR) is 64.8 cm³/mol. The van der Waals surface area contributed by atoms with Gasteiger partial charge in [-0.3, -0.25) is 0 Å². The first-order valence-corrected chi connectivity index (χ1v) is 5.51. The average Bonchev–Trinajstić information content (AvgIpc) is 2.33. The van der Waals surface area contributed by atoms with Gasteiger partial charge in [0.15, 0.2) is 0 Å². The molecule has 4 heteroatoms. The van der Waals surface area contributed by atoms with Gasteiger partial charge in [-0.2, -0.15) is 0 Å². The summed E-state index contributed by atoms with van der Waals surface area (Å²) in [5.74, 6) is -1.62. The summed E-state index contributed by atoms with van der Waals surface area (Å²) in [4.78, 5) is 0. The Bertz CT molecular complexity index is 547. The minimum absolute atomic E-state index is 0.0250. The van der Waals surface area contributed by atoms with E-state index < -0.39 is 17.5 Å². The summed E-state index contributed by atoms with van der Waals surface area (Å²) in [5.41, 5.74) is 1.28. The number of halogens is 3. The molecule has 1 nitrogen and oxygen atoms in total. The van der Waals surface area contributed by atoms with E-state index in [0.29, 0.717) is 5.69 Å². The Balaban J connectivity index is 2.19. The van der Waals surface area contributed by atoms with Crippen LogP contribution in [-0.2, 0) is 6.54 Å². The average molecular weight is 251 g/mol. The zero-order chi connectivity index (χ0) is 13.1. The predicted octanol–water partition coefficient (Wildman–Crippen LogP) is 4.02. The molecule has 0 amide bonds. The fourth-order valence-electron chi connectivity index (χ4n) is 1.67. The van der Waals surface area contributed by atoms with Crippen LogP contribution in [0, 0.1) is 24.4 Å². The molecule has 0 fully saturated rings. The van der Waals surface area contributed by atoms with Crippen molar-refractivity contribution in [1.29, 1.82) is 0 Å². The highest BCUT2D eigenvalue weighted by atomic mass is 19.1. The fraction of sp³-hybridized carbons (Fsp3) is 0.143. The van der Waals surface area contributed by atoms with E-state index in [-0.39, 0.29) is 12.1 Å². The molecular formula is C14H12F3N. The summed E-state index contributed by atoms with van der Waals surface area (Å²) >= 11 is 0. The Kier molecular flexibility index (Phi) is 3.55. The number of nitrogens with one attached hydrogen (secondary N) is 1. The summed E-state index contributed by atoms with van der Waals surface area (Å²) in [6.07, 6.45) is 0. The third kappa shape index (κ3) is 2.64. The molecule has 2 rings (SSSR count). The Morgan fingerprint density at radius 2 is 1.67 bits per heavy atom. The quantitative estimate of drug-likeness (QED) is 0.868. The zero-order valence-electron chi connectivity index (χ0n) is 9.81. The molecule has 0 radical (unpaired) electrons. The molecule has 1 N–H and O–H groups in total. The summed E-state index contributed by atoms with van der Waals surface area (Å²) in [6.45, 7) is 1.77. The molecule has 2 aromatic carbocycles. The molecule has 0 aliphatic heterocycles. The van der Waals surface area contributed by atoms with Crippen LogP contribution in [0.15, 0.2) is 36.4 Å². The summed E-state index contributed by atoms with van der Waals surface area (Å²) in [7, 11) is 0. The molecule has 0 atom stereocenters. The van der Waals surface area contributed by atoms with Crippen molar-refractivity contribution in [2.24, 2.45) is 0 Å². The second-order valence-electron chi connectivity index (χ2n) is 4.01. The van der Waals surface area contributed by atoms with Crippen LogP contribution < -0.4 is 5.32 Å². The lowest BCUT2D eigenvalue weighted by Crippen LogP contribution is -2.05. The monoisotopic (exact) mass is 251 g/mol. The van der Waals surface area contributed by atoms with E-state index in [4.69, 9.17) is 0 Å². The van der Waals surface area contributed by atoms with Gasteiger partial charge < -0.3 is 5.32 Å². The van der Waals surface area contributed by atoms with E-state index in [2.05, 4.69) is 5.32 Å². The molecule has 94 valence electrons.